The summed E-state index contributed by atoms with van der Waals surface area (Å²) in [5, 5.41) is 0.852. The Hall–Kier alpha value is -2.05. The minimum absolute atomic E-state index is 0.237. The van der Waals surface area contributed by atoms with E-state index in [0.717, 1.165) is 34.6 Å². The quantitative estimate of drug-likeness (QED) is 0.723. The number of para-hydroxylation sites is 1. The number of ether oxygens (including phenoxy) is 1. The van der Waals surface area contributed by atoms with Crippen LogP contribution < -0.4 is 0 Å². The van der Waals surface area contributed by atoms with Gasteiger partial charge >= 0.3 is 0 Å². The van der Waals surface area contributed by atoms with Gasteiger partial charge in [-0.15, -0.1) is 0 Å². The van der Waals surface area contributed by atoms with Crippen molar-refractivity contribution in [1.82, 2.24) is 9.47 Å². The largest absolute Gasteiger partial charge is 0.383 e. The number of thioether (sulfide) groups is 1. The van der Waals surface area contributed by atoms with Crippen molar-refractivity contribution in [3.63, 3.8) is 0 Å². The molecule has 0 unspecified atom stereocenters. The molecule has 0 bridgehead atoms. The average Bonchev–Trinajstić information content (AvgIpc) is 3.11. The van der Waals surface area contributed by atoms with Gasteiger partial charge in [-0.3, -0.25) is 14.5 Å². The lowest BCUT2D eigenvalue weighted by Gasteiger charge is -2.12. The van der Waals surface area contributed by atoms with Crippen LogP contribution in [0.25, 0.3) is 17.0 Å². The highest BCUT2D eigenvalue weighted by Gasteiger charge is 2.34. The van der Waals surface area contributed by atoms with E-state index < -0.39 is 0 Å². The van der Waals surface area contributed by atoms with Crippen LogP contribution in [-0.4, -0.2) is 40.9 Å². The molecule has 1 saturated heterocycles. The van der Waals surface area contributed by atoms with Gasteiger partial charge in [0.2, 0.25) is 0 Å². The van der Waals surface area contributed by atoms with E-state index >= 15 is 0 Å². The van der Waals surface area contributed by atoms with Crippen molar-refractivity contribution in [2.24, 2.45) is 0 Å². The molecule has 0 N–H and O–H groups in total. The molecule has 1 aromatic heterocycles. The highest BCUT2D eigenvalue weighted by atomic mass is 32.2. The molecule has 0 radical (unpaired) electrons. The molecule has 1 fully saturated rings. The Morgan fingerprint density at radius 2 is 2.04 bits per heavy atom. The monoisotopic (exact) mass is 358 g/mol. The number of imide groups is 1. The minimum Gasteiger partial charge on any atom is -0.383 e. The lowest BCUT2D eigenvalue weighted by molar-refractivity contribution is -0.123. The van der Waals surface area contributed by atoms with E-state index in [1.165, 1.54) is 4.90 Å². The predicted molar refractivity (Wildman–Crippen MR) is 101 cm³/mol. The Labute approximate surface area is 151 Å². The second kappa shape index (κ2) is 7.45. The molecule has 1 aliphatic heterocycles. The summed E-state index contributed by atoms with van der Waals surface area (Å²) in [6.45, 7) is 4.96. The van der Waals surface area contributed by atoms with Gasteiger partial charge in [-0.1, -0.05) is 25.1 Å². The third-order valence-electron chi connectivity index (χ3n) is 4.52. The molecule has 1 aromatic carbocycles. The maximum absolute atomic E-state index is 12.5. The van der Waals surface area contributed by atoms with Crippen LogP contribution in [0.15, 0.2) is 35.4 Å². The lowest BCUT2D eigenvalue weighted by Crippen LogP contribution is -2.31. The summed E-state index contributed by atoms with van der Waals surface area (Å²) >= 11 is 0.993. The van der Waals surface area contributed by atoms with Crippen LogP contribution in [0.5, 0.6) is 0 Å². The molecular weight excluding hydrogens is 336 g/mol. The Bertz CT molecular complexity index is 840. The van der Waals surface area contributed by atoms with Crippen molar-refractivity contribution in [3.8, 4) is 0 Å². The summed E-state index contributed by atoms with van der Waals surface area (Å²) in [7, 11) is 1.55. The zero-order valence-corrected chi connectivity index (χ0v) is 15.5. The van der Waals surface area contributed by atoms with Gasteiger partial charge in [-0.25, -0.2) is 0 Å². The van der Waals surface area contributed by atoms with Crippen LogP contribution in [0.2, 0.25) is 0 Å². The van der Waals surface area contributed by atoms with Crippen LogP contribution in [0, 0.1) is 0 Å². The van der Waals surface area contributed by atoms with Gasteiger partial charge < -0.3 is 9.30 Å². The van der Waals surface area contributed by atoms with Crippen LogP contribution in [0.4, 0.5) is 4.79 Å². The first kappa shape index (κ1) is 17.8. The number of methoxy groups -OCH3 is 1. The first-order valence-corrected chi connectivity index (χ1v) is 9.22. The summed E-state index contributed by atoms with van der Waals surface area (Å²) < 4.78 is 7.21. The molecule has 5 nitrogen and oxygen atoms in total. The van der Waals surface area contributed by atoms with E-state index in [9.17, 15) is 9.59 Å². The van der Waals surface area contributed by atoms with E-state index in [1.54, 1.807) is 7.11 Å². The molecule has 1 aliphatic rings. The van der Waals surface area contributed by atoms with Gasteiger partial charge in [-0.05, 0) is 37.2 Å². The number of benzene rings is 1. The summed E-state index contributed by atoms with van der Waals surface area (Å²) in [5.41, 5.74) is 2.11. The number of carbonyl (C=O) groups is 2. The van der Waals surface area contributed by atoms with Gasteiger partial charge in [0.25, 0.3) is 11.1 Å². The van der Waals surface area contributed by atoms with Crippen molar-refractivity contribution in [2.45, 2.75) is 26.3 Å². The van der Waals surface area contributed by atoms with Crippen molar-refractivity contribution in [2.75, 3.05) is 20.3 Å². The average molecular weight is 358 g/mol. The molecule has 132 valence electrons. The first-order chi connectivity index (χ1) is 12.1. The fraction of sp³-hybridized carbons (Fsp3) is 0.368. The Kier molecular flexibility index (Phi) is 5.30. The molecule has 0 saturated carbocycles. The van der Waals surface area contributed by atoms with Gasteiger partial charge in [0.15, 0.2) is 0 Å². The number of carbonyl (C=O) groups excluding carboxylic acids is 2. The van der Waals surface area contributed by atoms with E-state index in [4.69, 9.17) is 4.74 Å². The standard InChI is InChI=1S/C19H22N2O3S/c1-4-13(2)21-12-14(15-7-5-6-8-16(15)21)11-17-18(22)20(9-10-24-3)19(23)25-17/h5-8,11-13H,4,9-10H2,1-3H3/b17-11+/t13-/m1/s1. The molecule has 2 aromatic rings. The molecule has 25 heavy (non-hydrogen) atoms. The van der Waals surface area contributed by atoms with Crippen LogP contribution in [0.1, 0.15) is 31.9 Å². The molecule has 3 rings (SSSR count). The van der Waals surface area contributed by atoms with Crippen LogP contribution >= 0.6 is 11.8 Å². The Balaban J connectivity index is 1.99. The normalized spacial score (nSPS) is 17.9. The Morgan fingerprint density at radius 1 is 1.28 bits per heavy atom. The summed E-state index contributed by atoms with van der Waals surface area (Å²) in [6.07, 6.45) is 4.92. The second-order valence-electron chi connectivity index (χ2n) is 6.09. The molecule has 1 atom stereocenters. The highest BCUT2D eigenvalue weighted by molar-refractivity contribution is 8.18. The third-order valence-corrected chi connectivity index (χ3v) is 5.42. The molecule has 6 heteroatoms. The van der Waals surface area contributed by atoms with Gasteiger partial charge in [-0.2, -0.15) is 0 Å². The second-order valence-corrected chi connectivity index (χ2v) is 7.09. The molecule has 2 heterocycles. The van der Waals surface area contributed by atoms with E-state index in [-0.39, 0.29) is 17.7 Å². The number of rotatable bonds is 6. The molecule has 2 amide bonds. The van der Waals surface area contributed by atoms with Crippen molar-refractivity contribution < 1.29 is 14.3 Å². The van der Waals surface area contributed by atoms with Crippen LogP contribution in [-0.2, 0) is 9.53 Å². The maximum atomic E-state index is 12.5. The molecule has 0 aliphatic carbocycles. The van der Waals surface area contributed by atoms with E-state index in [1.807, 2.05) is 18.2 Å². The van der Waals surface area contributed by atoms with Crippen LogP contribution in [0.3, 0.4) is 0 Å². The summed E-state index contributed by atoms with van der Waals surface area (Å²) in [5.74, 6) is -0.243. The highest BCUT2D eigenvalue weighted by Crippen LogP contribution is 2.34. The van der Waals surface area contributed by atoms with Gasteiger partial charge in [0.1, 0.15) is 0 Å². The van der Waals surface area contributed by atoms with Crippen molar-refractivity contribution in [1.29, 1.82) is 0 Å². The molecule has 0 spiro atoms. The number of aromatic nitrogens is 1. The number of nitrogens with zero attached hydrogens (tertiary/aromatic N) is 2. The number of fused-ring (bicyclic) bond motifs is 1. The van der Waals surface area contributed by atoms with E-state index in [2.05, 4.69) is 36.7 Å². The number of amides is 2. The number of hydrogen-bond donors (Lipinski definition) is 0. The topological polar surface area (TPSA) is 51.5 Å². The lowest BCUT2D eigenvalue weighted by atomic mass is 10.1. The minimum atomic E-state index is -0.243. The van der Waals surface area contributed by atoms with Gasteiger partial charge in [0, 0.05) is 35.8 Å². The third kappa shape index (κ3) is 3.37. The Morgan fingerprint density at radius 3 is 2.76 bits per heavy atom. The van der Waals surface area contributed by atoms with E-state index in [0.29, 0.717) is 17.6 Å². The fourth-order valence-electron chi connectivity index (χ4n) is 2.92. The summed E-state index contributed by atoms with van der Waals surface area (Å²) in [6, 6.07) is 8.51. The number of hydrogen-bond acceptors (Lipinski definition) is 4. The zero-order valence-electron chi connectivity index (χ0n) is 14.7. The molecular formula is C19H22N2O3S. The van der Waals surface area contributed by atoms with Crippen molar-refractivity contribution >= 4 is 39.9 Å². The maximum Gasteiger partial charge on any atom is 0.293 e. The SMILES string of the molecule is CC[C@@H](C)n1cc(/C=C2/SC(=O)N(CCOC)C2=O)c2ccccc21. The van der Waals surface area contributed by atoms with Crippen molar-refractivity contribution in [3.05, 3.63) is 40.9 Å². The fourth-order valence-corrected chi connectivity index (χ4v) is 3.78. The first-order valence-electron chi connectivity index (χ1n) is 8.40. The summed E-state index contributed by atoms with van der Waals surface area (Å²) in [4.78, 5) is 26.3. The van der Waals surface area contributed by atoms with Gasteiger partial charge in [0.05, 0.1) is 18.1 Å². The zero-order chi connectivity index (χ0) is 18.0. The predicted octanol–water partition coefficient (Wildman–Crippen LogP) is 4.30. The smallest absolute Gasteiger partial charge is 0.293 e.